The van der Waals surface area contributed by atoms with Gasteiger partial charge in [0, 0.05) is 10.5 Å². The molecular weight excluding hydrogens is 278 g/mol. The summed E-state index contributed by atoms with van der Waals surface area (Å²) < 4.78 is 5.51. The Morgan fingerprint density at radius 1 is 1.14 bits per heavy atom. The van der Waals surface area contributed by atoms with Gasteiger partial charge in [0.05, 0.1) is 17.7 Å². The highest BCUT2D eigenvalue weighted by Crippen LogP contribution is 2.26. The maximum absolute atomic E-state index is 12.6. The van der Waals surface area contributed by atoms with Gasteiger partial charge in [-0.25, -0.2) is 0 Å². The van der Waals surface area contributed by atoms with Gasteiger partial charge in [-0.3, -0.25) is 4.79 Å². The minimum absolute atomic E-state index is 0.181. The predicted octanol–water partition coefficient (Wildman–Crippen LogP) is 4.50. The van der Waals surface area contributed by atoms with Crippen LogP contribution >= 0.6 is 0 Å². The standard InChI is InChI=1S/C17H13N3O2/c1-11-6-8-12(9-7-11)16(19-20-18)14-10-22-15-5-3-2-4-13(15)17(14)21/h2-10,16H,1H3/t16-/m0/s1. The second-order valence-corrected chi connectivity index (χ2v) is 5.03. The number of hydrogen-bond acceptors (Lipinski definition) is 3. The van der Waals surface area contributed by atoms with Gasteiger partial charge in [0.25, 0.3) is 0 Å². The summed E-state index contributed by atoms with van der Waals surface area (Å²) in [5, 5.41) is 4.26. The maximum atomic E-state index is 12.6. The van der Waals surface area contributed by atoms with E-state index in [4.69, 9.17) is 9.95 Å². The Kier molecular flexibility index (Phi) is 3.64. The first kappa shape index (κ1) is 13.9. The van der Waals surface area contributed by atoms with Gasteiger partial charge in [-0.1, -0.05) is 47.1 Å². The molecule has 0 spiro atoms. The molecule has 0 aliphatic carbocycles. The third-order valence-electron chi connectivity index (χ3n) is 3.56. The van der Waals surface area contributed by atoms with Crippen molar-refractivity contribution >= 4 is 11.0 Å². The summed E-state index contributed by atoms with van der Waals surface area (Å²) >= 11 is 0. The lowest BCUT2D eigenvalue weighted by atomic mass is 9.99. The van der Waals surface area contributed by atoms with Crippen molar-refractivity contribution in [1.82, 2.24) is 0 Å². The monoisotopic (exact) mass is 291 g/mol. The molecule has 1 atom stereocenters. The lowest BCUT2D eigenvalue weighted by molar-refractivity contribution is 0.586. The van der Waals surface area contributed by atoms with E-state index in [1.807, 2.05) is 31.2 Å². The van der Waals surface area contributed by atoms with E-state index in [0.29, 0.717) is 16.5 Å². The van der Waals surface area contributed by atoms with E-state index in [1.165, 1.54) is 6.26 Å². The second-order valence-electron chi connectivity index (χ2n) is 5.03. The van der Waals surface area contributed by atoms with Crippen LogP contribution in [0.1, 0.15) is 22.7 Å². The Bertz CT molecular complexity index is 923. The average molecular weight is 291 g/mol. The Balaban J connectivity index is 2.21. The number of hydrogen-bond donors (Lipinski definition) is 0. The lowest BCUT2D eigenvalue weighted by Gasteiger charge is -2.11. The zero-order chi connectivity index (χ0) is 15.5. The molecule has 1 heterocycles. The Morgan fingerprint density at radius 3 is 2.59 bits per heavy atom. The highest BCUT2D eigenvalue weighted by Gasteiger charge is 2.18. The molecule has 5 heteroatoms. The van der Waals surface area contributed by atoms with Crippen LogP contribution in [0.3, 0.4) is 0 Å². The van der Waals surface area contributed by atoms with Crippen molar-refractivity contribution in [2.45, 2.75) is 13.0 Å². The topological polar surface area (TPSA) is 79.0 Å². The number of nitrogens with zero attached hydrogens (tertiary/aromatic N) is 3. The van der Waals surface area contributed by atoms with Crippen LogP contribution in [0.15, 0.2) is 69.1 Å². The fourth-order valence-corrected chi connectivity index (χ4v) is 2.39. The maximum Gasteiger partial charge on any atom is 0.196 e. The molecule has 0 aliphatic rings. The molecule has 0 radical (unpaired) electrons. The second kappa shape index (κ2) is 5.76. The molecule has 0 saturated heterocycles. The van der Waals surface area contributed by atoms with Crippen LogP contribution in [0.25, 0.3) is 21.4 Å². The van der Waals surface area contributed by atoms with E-state index in [0.717, 1.165) is 11.1 Å². The first-order chi connectivity index (χ1) is 10.7. The highest BCUT2D eigenvalue weighted by atomic mass is 16.3. The van der Waals surface area contributed by atoms with Crippen LogP contribution in [0.2, 0.25) is 0 Å². The minimum atomic E-state index is -0.702. The van der Waals surface area contributed by atoms with E-state index >= 15 is 0 Å². The van der Waals surface area contributed by atoms with Crippen molar-refractivity contribution in [2.75, 3.05) is 0 Å². The van der Waals surface area contributed by atoms with Crippen LogP contribution in [-0.4, -0.2) is 0 Å². The van der Waals surface area contributed by atoms with Crippen molar-refractivity contribution in [3.63, 3.8) is 0 Å². The van der Waals surface area contributed by atoms with Crippen molar-refractivity contribution in [3.05, 3.63) is 92.2 Å². The summed E-state index contributed by atoms with van der Waals surface area (Å²) in [7, 11) is 0. The van der Waals surface area contributed by atoms with E-state index in [9.17, 15) is 4.79 Å². The fourth-order valence-electron chi connectivity index (χ4n) is 2.39. The Hall–Kier alpha value is -3.04. The zero-order valence-corrected chi connectivity index (χ0v) is 11.9. The Labute approximate surface area is 126 Å². The summed E-state index contributed by atoms with van der Waals surface area (Å²) in [5.74, 6) is 0. The normalized spacial score (nSPS) is 11.9. The van der Waals surface area contributed by atoms with E-state index in [2.05, 4.69) is 10.0 Å². The molecule has 3 aromatic rings. The van der Waals surface area contributed by atoms with Gasteiger partial charge in [-0.05, 0) is 30.2 Å². The van der Waals surface area contributed by atoms with Crippen LogP contribution in [0, 0.1) is 6.92 Å². The van der Waals surface area contributed by atoms with Crippen molar-refractivity contribution < 1.29 is 4.42 Å². The quantitative estimate of drug-likeness (QED) is 0.404. The summed E-state index contributed by atoms with van der Waals surface area (Å²) in [4.78, 5) is 15.5. The average Bonchev–Trinajstić information content (AvgIpc) is 2.55. The Morgan fingerprint density at radius 2 is 1.86 bits per heavy atom. The van der Waals surface area contributed by atoms with Gasteiger partial charge in [0.1, 0.15) is 5.58 Å². The molecule has 0 saturated carbocycles. The van der Waals surface area contributed by atoms with E-state index in [-0.39, 0.29) is 5.43 Å². The molecule has 0 fully saturated rings. The summed E-state index contributed by atoms with van der Waals surface area (Å²) in [6.07, 6.45) is 1.38. The number of azide groups is 1. The molecule has 22 heavy (non-hydrogen) atoms. The first-order valence-electron chi connectivity index (χ1n) is 6.82. The molecule has 108 valence electrons. The van der Waals surface area contributed by atoms with Gasteiger partial charge >= 0.3 is 0 Å². The number of aryl methyl sites for hydroxylation is 1. The summed E-state index contributed by atoms with van der Waals surface area (Å²) in [6, 6.07) is 13.8. The predicted molar refractivity (Wildman–Crippen MR) is 84.7 cm³/mol. The van der Waals surface area contributed by atoms with Gasteiger partial charge in [0.15, 0.2) is 5.43 Å². The largest absolute Gasteiger partial charge is 0.464 e. The highest BCUT2D eigenvalue weighted by molar-refractivity contribution is 5.76. The number of rotatable bonds is 3. The van der Waals surface area contributed by atoms with E-state index < -0.39 is 6.04 Å². The van der Waals surface area contributed by atoms with Gasteiger partial charge in [0.2, 0.25) is 0 Å². The first-order valence-corrected chi connectivity index (χ1v) is 6.82. The molecule has 0 bridgehead atoms. The molecule has 1 aromatic heterocycles. The van der Waals surface area contributed by atoms with Crippen LogP contribution in [0.4, 0.5) is 0 Å². The molecule has 0 aliphatic heterocycles. The SMILES string of the molecule is Cc1ccc([C@H](N=[N+]=[N-])c2coc3ccccc3c2=O)cc1. The number of benzene rings is 2. The van der Waals surface area contributed by atoms with Gasteiger partial charge < -0.3 is 4.42 Å². The van der Waals surface area contributed by atoms with Crippen LogP contribution in [-0.2, 0) is 0 Å². The number of para-hydroxylation sites is 1. The molecule has 0 amide bonds. The molecule has 2 aromatic carbocycles. The van der Waals surface area contributed by atoms with Crippen molar-refractivity contribution in [1.29, 1.82) is 0 Å². The zero-order valence-electron chi connectivity index (χ0n) is 11.9. The summed E-state index contributed by atoms with van der Waals surface area (Å²) in [6.45, 7) is 1.97. The molecule has 5 nitrogen and oxygen atoms in total. The lowest BCUT2D eigenvalue weighted by Crippen LogP contribution is -2.13. The third kappa shape index (κ3) is 2.45. The number of fused-ring (bicyclic) bond motifs is 1. The van der Waals surface area contributed by atoms with Crippen molar-refractivity contribution in [3.8, 4) is 0 Å². The van der Waals surface area contributed by atoms with E-state index in [1.54, 1.807) is 24.3 Å². The molecule has 0 unspecified atom stereocenters. The van der Waals surface area contributed by atoms with Gasteiger partial charge in [-0.15, -0.1) is 0 Å². The molecule has 3 rings (SSSR count). The fraction of sp³-hybridized carbons (Fsp3) is 0.118. The van der Waals surface area contributed by atoms with Crippen molar-refractivity contribution in [2.24, 2.45) is 5.11 Å². The van der Waals surface area contributed by atoms with Gasteiger partial charge in [-0.2, -0.15) is 0 Å². The molecular formula is C17H13N3O2. The minimum Gasteiger partial charge on any atom is -0.464 e. The third-order valence-corrected chi connectivity index (χ3v) is 3.56. The van der Waals surface area contributed by atoms with Crippen LogP contribution in [0.5, 0.6) is 0 Å². The molecule has 0 N–H and O–H groups in total. The summed E-state index contributed by atoms with van der Waals surface area (Å²) in [5.41, 5.74) is 11.4. The smallest absolute Gasteiger partial charge is 0.196 e. The van der Waals surface area contributed by atoms with Crippen LogP contribution < -0.4 is 5.43 Å².